The van der Waals surface area contributed by atoms with Crippen LogP contribution in [-0.2, 0) is 0 Å². The zero-order chi connectivity index (χ0) is 22.5. The standard InChI is InChI=1S/C28H24N2O2/c1-19-9-7-11-21(17-19)29-27(31)25-15-5-3-13-23(25)24-14-4-6-16-26(24)28(32)30-22-12-8-10-20(2)18-22/h3-18H,1-2H3,(H,29,31)(H,30,32). The van der Waals surface area contributed by atoms with Gasteiger partial charge in [-0.1, -0.05) is 60.7 Å². The van der Waals surface area contributed by atoms with Gasteiger partial charge in [0.1, 0.15) is 0 Å². The van der Waals surface area contributed by atoms with Gasteiger partial charge in [-0.05, 0) is 72.5 Å². The molecule has 0 radical (unpaired) electrons. The van der Waals surface area contributed by atoms with Crippen molar-refractivity contribution in [2.45, 2.75) is 13.8 Å². The number of nitrogens with one attached hydrogen (secondary N) is 2. The Hall–Kier alpha value is -4.18. The van der Waals surface area contributed by atoms with E-state index in [9.17, 15) is 9.59 Å². The van der Waals surface area contributed by atoms with Crippen LogP contribution in [0, 0.1) is 13.8 Å². The Kier molecular flexibility index (Phi) is 6.13. The predicted octanol–water partition coefficient (Wildman–Crippen LogP) is 6.48. The molecule has 0 aliphatic carbocycles. The molecule has 0 fully saturated rings. The molecule has 0 saturated carbocycles. The van der Waals surface area contributed by atoms with Gasteiger partial charge in [-0.2, -0.15) is 0 Å². The predicted molar refractivity (Wildman–Crippen MR) is 130 cm³/mol. The van der Waals surface area contributed by atoms with E-state index in [1.54, 1.807) is 12.1 Å². The molecule has 0 aromatic heterocycles. The highest BCUT2D eigenvalue weighted by atomic mass is 16.2. The fourth-order valence-corrected chi connectivity index (χ4v) is 3.67. The number of aryl methyl sites for hydroxylation is 2. The Labute approximate surface area is 187 Å². The van der Waals surface area contributed by atoms with Crippen LogP contribution in [-0.4, -0.2) is 11.8 Å². The van der Waals surface area contributed by atoms with Gasteiger partial charge in [0.25, 0.3) is 11.8 Å². The number of rotatable bonds is 5. The minimum absolute atomic E-state index is 0.222. The largest absolute Gasteiger partial charge is 0.322 e. The van der Waals surface area contributed by atoms with Crippen molar-refractivity contribution >= 4 is 23.2 Å². The van der Waals surface area contributed by atoms with Gasteiger partial charge >= 0.3 is 0 Å². The highest BCUT2D eigenvalue weighted by Gasteiger charge is 2.18. The van der Waals surface area contributed by atoms with Crippen molar-refractivity contribution < 1.29 is 9.59 Å². The molecule has 0 aliphatic rings. The van der Waals surface area contributed by atoms with Gasteiger partial charge < -0.3 is 10.6 Å². The highest BCUT2D eigenvalue weighted by Crippen LogP contribution is 2.29. The molecule has 0 saturated heterocycles. The lowest BCUT2D eigenvalue weighted by molar-refractivity contribution is 0.101. The Balaban J connectivity index is 1.68. The third-order valence-electron chi connectivity index (χ3n) is 5.19. The molecule has 0 atom stereocenters. The normalized spacial score (nSPS) is 10.4. The number of hydrogen-bond acceptors (Lipinski definition) is 2. The third-order valence-corrected chi connectivity index (χ3v) is 5.19. The molecular weight excluding hydrogens is 396 g/mol. The smallest absolute Gasteiger partial charge is 0.256 e. The summed E-state index contributed by atoms with van der Waals surface area (Å²) in [6.45, 7) is 3.96. The van der Waals surface area contributed by atoms with E-state index in [0.717, 1.165) is 22.5 Å². The summed E-state index contributed by atoms with van der Waals surface area (Å²) >= 11 is 0. The van der Waals surface area contributed by atoms with Crippen LogP contribution in [0.4, 0.5) is 11.4 Å². The van der Waals surface area contributed by atoms with E-state index in [0.29, 0.717) is 22.3 Å². The molecule has 4 nitrogen and oxygen atoms in total. The lowest BCUT2D eigenvalue weighted by atomic mass is 9.94. The molecule has 0 unspecified atom stereocenters. The first-order valence-corrected chi connectivity index (χ1v) is 10.5. The molecule has 4 aromatic carbocycles. The first kappa shape index (κ1) is 21.1. The van der Waals surface area contributed by atoms with Crippen LogP contribution in [0.2, 0.25) is 0 Å². The van der Waals surface area contributed by atoms with Crippen LogP contribution >= 0.6 is 0 Å². The summed E-state index contributed by atoms with van der Waals surface area (Å²) in [6.07, 6.45) is 0. The summed E-state index contributed by atoms with van der Waals surface area (Å²) in [6, 6.07) is 30.0. The number of carbonyl (C=O) groups excluding carboxylic acids is 2. The van der Waals surface area contributed by atoms with E-state index in [1.165, 1.54) is 0 Å². The maximum atomic E-state index is 13.1. The van der Waals surface area contributed by atoms with E-state index in [1.807, 2.05) is 98.8 Å². The van der Waals surface area contributed by atoms with Gasteiger partial charge in [0.15, 0.2) is 0 Å². The maximum Gasteiger partial charge on any atom is 0.256 e. The van der Waals surface area contributed by atoms with Crippen LogP contribution in [0.5, 0.6) is 0 Å². The van der Waals surface area contributed by atoms with E-state index in [2.05, 4.69) is 10.6 Å². The zero-order valence-corrected chi connectivity index (χ0v) is 18.1. The summed E-state index contributed by atoms with van der Waals surface area (Å²) in [5, 5.41) is 5.93. The molecule has 2 N–H and O–H groups in total. The number of benzene rings is 4. The average Bonchev–Trinajstić information content (AvgIpc) is 2.79. The lowest BCUT2D eigenvalue weighted by Gasteiger charge is -2.14. The van der Waals surface area contributed by atoms with Crippen LogP contribution in [0.25, 0.3) is 11.1 Å². The molecular formula is C28H24N2O2. The molecule has 158 valence electrons. The Morgan fingerprint density at radius 1 is 0.531 bits per heavy atom. The van der Waals surface area contributed by atoms with Crippen molar-refractivity contribution in [3.05, 3.63) is 119 Å². The van der Waals surface area contributed by atoms with E-state index < -0.39 is 0 Å². The summed E-state index contributed by atoms with van der Waals surface area (Å²) in [4.78, 5) is 26.2. The second kappa shape index (κ2) is 9.31. The van der Waals surface area contributed by atoms with Gasteiger partial charge in [0.05, 0.1) is 0 Å². The van der Waals surface area contributed by atoms with Gasteiger partial charge in [0, 0.05) is 22.5 Å². The number of amides is 2. The summed E-state index contributed by atoms with van der Waals surface area (Å²) < 4.78 is 0. The molecule has 0 heterocycles. The highest BCUT2D eigenvalue weighted by molar-refractivity contribution is 6.13. The van der Waals surface area contributed by atoms with Crippen molar-refractivity contribution in [1.82, 2.24) is 0 Å². The molecule has 0 aliphatic heterocycles. The minimum Gasteiger partial charge on any atom is -0.322 e. The topological polar surface area (TPSA) is 58.2 Å². The fraction of sp³-hybridized carbons (Fsp3) is 0.0714. The number of anilines is 2. The second-order valence-corrected chi connectivity index (χ2v) is 7.74. The van der Waals surface area contributed by atoms with Crippen LogP contribution in [0.15, 0.2) is 97.1 Å². The van der Waals surface area contributed by atoms with Crippen molar-refractivity contribution in [3.8, 4) is 11.1 Å². The number of hydrogen-bond donors (Lipinski definition) is 2. The van der Waals surface area contributed by atoms with Crippen molar-refractivity contribution in [3.63, 3.8) is 0 Å². The Bertz CT molecular complexity index is 1190. The maximum absolute atomic E-state index is 13.1. The molecule has 4 heteroatoms. The number of carbonyl (C=O) groups is 2. The quantitative estimate of drug-likeness (QED) is 0.388. The Morgan fingerprint density at radius 3 is 1.34 bits per heavy atom. The van der Waals surface area contributed by atoms with Crippen LogP contribution in [0.3, 0.4) is 0 Å². The van der Waals surface area contributed by atoms with Gasteiger partial charge in [-0.3, -0.25) is 9.59 Å². The van der Waals surface area contributed by atoms with E-state index >= 15 is 0 Å². The zero-order valence-electron chi connectivity index (χ0n) is 18.1. The molecule has 4 rings (SSSR count). The first-order chi connectivity index (χ1) is 15.5. The SMILES string of the molecule is Cc1cccc(NC(=O)c2ccccc2-c2ccccc2C(=O)Nc2cccc(C)c2)c1. The first-order valence-electron chi connectivity index (χ1n) is 10.5. The van der Waals surface area contributed by atoms with Crippen molar-refractivity contribution in [1.29, 1.82) is 0 Å². The molecule has 0 spiro atoms. The van der Waals surface area contributed by atoms with Gasteiger partial charge in [0.2, 0.25) is 0 Å². The lowest BCUT2D eigenvalue weighted by Crippen LogP contribution is -2.16. The van der Waals surface area contributed by atoms with Crippen LogP contribution < -0.4 is 10.6 Å². The summed E-state index contributed by atoms with van der Waals surface area (Å²) in [5.41, 5.74) is 6.00. The molecule has 4 aromatic rings. The van der Waals surface area contributed by atoms with E-state index in [-0.39, 0.29) is 11.8 Å². The average molecular weight is 421 g/mol. The Morgan fingerprint density at radius 2 is 0.938 bits per heavy atom. The van der Waals surface area contributed by atoms with E-state index in [4.69, 9.17) is 0 Å². The van der Waals surface area contributed by atoms with Crippen molar-refractivity contribution in [2.75, 3.05) is 10.6 Å². The van der Waals surface area contributed by atoms with Gasteiger partial charge in [-0.25, -0.2) is 0 Å². The second-order valence-electron chi connectivity index (χ2n) is 7.74. The summed E-state index contributed by atoms with van der Waals surface area (Å²) in [7, 11) is 0. The monoisotopic (exact) mass is 420 g/mol. The molecule has 2 amide bonds. The third kappa shape index (κ3) is 4.76. The molecule has 0 bridgehead atoms. The summed E-state index contributed by atoms with van der Waals surface area (Å²) in [5.74, 6) is -0.444. The molecule has 32 heavy (non-hydrogen) atoms. The fourth-order valence-electron chi connectivity index (χ4n) is 3.67. The minimum atomic E-state index is -0.222. The van der Waals surface area contributed by atoms with Crippen molar-refractivity contribution in [2.24, 2.45) is 0 Å². The van der Waals surface area contributed by atoms with Gasteiger partial charge in [-0.15, -0.1) is 0 Å². The van der Waals surface area contributed by atoms with Crippen LogP contribution in [0.1, 0.15) is 31.8 Å².